The van der Waals surface area contributed by atoms with Gasteiger partial charge in [0.05, 0.1) is 35.7 Å². The summed E-state index contributed by atoms with van der Waals surface area (Å²) in [5, 5.41) is 6.28. The number of methoxy groups -OCH3 is 1. The monoisotopic (exact) mass is 498 g/mol. The van der Waals surface area contributed by atoms with Crippen molar-refractivity contribution in [3.63, 3.8) is 0 Å². The van der Waals surface area contributed by atoms with E-state index in [0.29, 0.717) is 28.1 Å². The molecule has 3 aromatic carbocycles. The summed E-state index contributed by atoms with van der Waals surface area (Å²) in [7, 11) is 6.81. The van der Waals surface area contributed by atoms with Crippen LogP contribution in [0.1, 0.15) is 28.4 Å². The third kappa shape index (κ3) is 5.24. The van der Waals surface area contributed by atoms with E-state index in [1.54, 1.807) is 30.1 Å². The number of carbonyl (C=O) groups excluding carboxylic acids is 3. The van der Waals surface area contributed by atoms with Crippen molar-refractivity contribution in [2.45, 2.75) is 13.0 Å². The van der Waals surface area contributed by atoms with Gasteiger partial charge in [-0.25, -0.2) is 4.79 Å². The van der Waals surface area contributed by atoms with E-state index in [2.05, 4.69) is 10.6 Å². The Morgan fingerprint density at radius 3 is 2.22 bits per heavy atom. The average Bonchev–Trinajstić information content (AvgIpc) is 3.25. The van der Waals surface area contributed by atoms with Gasteiger partial charge in [0.15, 0.2) is 0 Å². The fourth-order valence-electron chi connectivity index (χ4n) is 4.09. The summed E-state index contributed by atoms with van der Waals surface area (Å²) >= 11 is 0. The molecule has 8 nitrogen and oxygen atoms in total. The molecule has 0 bridgehead atoms. The molecule has 0 spiro atoms. The number of esters is 1. The van der Waals surface area contributed by atoms with Crippen molar-refractivity contribution < 1.29 is 19.1 Å². The van der Waals surface area contributed by atoms with Crippen molar-refractivity contribution >= 4 is 46.1 Å². The molecule has 190 valence electrons. The van der Waals surface area contributed by atoms with Crippen molar-refractivity contribution in [3.8, 4) is 0 Å². The number of nitrogens with zero attached hydrogens (tertiary/aromatic N) is 2. The molecule has 0 aliphatic carbocycles. The van der Waals surface area contributed by atoms with Crippen LogP contribution in [0.4, 0.5) is 17.1 Å². The van der Waals surface area contributed by atoms with Crippen molar-refractivity contribution in [3.05, 3.63) is 89.5 Å². The normalized spacial score (nSPS) is 14.5. The van der Waals surface area contributed by atoms with Gasteiger partial charge in [0.2, 0.25) is 5.91 Å². The van der Waals surface area contributed by atoms with Gasteiger partial charge in [-0.15, -0.1) is 0 Å². The molecule has 4 rings (SSSR count). The molecule has 0 saturated carbocycles. The van der Waals surface area contributed by atoms with Crippen LogP contribution in [0.15, 0.2) is 72.8 Å². The highest BCUT2D eigenvalue weighted by molar-refractivity contribution is 6.37. The zero-order chi connectivity index (χ0) is 26.7. The Balaban J connectivity index is 1.71. The Morgan fingerprint density at radius 2 is 1.59 bits per heavy atom. The van der Waals surface area contributed by atoms with E-state index >= 15 is 0 Å². The first-order valence-electron chi connectivity index (χ1n) is 11.9. The van der Waals surface area contributed by atoms with Gasteiger partial charge in [0, 0.05) is 24.0 Å². The molecule has 37 heavy (non-hydrogen) atoms. The molecule has 0 fully saturated rings. The molecule has 1 atom stereocenters. The highest BCUT2D eigenvalue weighted by Gasteiger charge is 2.29. The molecule has 3 aromatic rings. The summed E-state index contributed by atoms with van der Waals surface area (Å²) in [4.78, 5) is 41.4. The van der Waals surface area contributed by atoms with Crippen LogP contribution >= 0.6 is 0 Å². The van der Waals surface area contributed by atoms with E-state index in [1.165, 1.54) is 7.11 Å². The smallest absolute Gasteiger partial charge is 0.337 e. The molecule has 0 radical (unpaired) electrons. The van der Waals surface area contributed by atoms with E-state index in [-0.39, 0.29) is 17.9 Å². The van der Waals surface area contributed by atoms with Gasteiger partial charge in [0.25, 0.3) is 5.91 Å². The van der Waals surface area contributed by atoms with Crippen molar-refractivity contribution in [2.75, 3.05) is 43.8 Å². The molecule has 2 N–H and O–H groups in total. The summed E-state index contributed by atoms with van der Waals surface area (Å²) < 4.78 is 4.81. The Kier molecular flexibility index (Phi) is 7.40. The summed E-state index contributed by atoms with van der Waals surface area (Å²) in [5.74, 6) is -0.759. The van der Waals surface area contributed by atoms with E-state index in [1.807, 2.05) is 80.5 Å². The van der Waals surface area contributed by atoms with Crippen molar-refractivity contribution in [2.24, 2.45) is 0 Å². The van der Waals surface area contributed by atoms with Gasteiger partial charge in [-0.05, 0) is 63.0 Å². The summed E-state index contributed by atoms with van der Waals surface area (Å²) in [5.41, 5.74) is 5.02. The average molecular weight is 499 g/mol. The maximum absolute atomic E-state index is 13.2. The number of amides is 2. The molecule has 1 unspecified atom stereocenters. The Labute approximate surface area is 216 Å². The summed E-state index contributed by atoms with van der Waals surface area (Å²) in [6, 6.07) is 21.8. The number of rotatable bonds is 7. The summed E-state index contributed by atoms with van der Waals surface area (Å²) in [6.07, 6.45) is 0. The first-order valence-corrected chi connectivity index (χ1v) is 11.9. The second kappa shape index (κ2) is 10.7. The third-order valence-corrected chi connectivity index (χ3v) is 6.48. The zero-order valence-corrected chi connectivity index (χ0v) is 21.5. The van der Waals surface area contributed by atoms with E-state index < -0.39 is 5.97 Å². The molecular formula is C29H30N4O4. The number of fused-ring (bicyclic) bond motifs is 1. The van der Waals surface area contributed by atoms with Gasteiger partial charge < -0.3 is 20.3 Å². The van der Waals surface area contributed by atoms with Crippen LogP contribution in [0.25, 0.3) is 11.3 Å². The second-order valence-electron chi connectivity index (χ2n) is 9.03. The lowest BCUT2D eigenvalue weighted by Crippen LogP contribution is -2.42. The summed E-state index contributed by atoms with van der Waals surface area (Å²) in [6.45, 7) is 1.87. The number of likely N-dealkylation sites (N-methyl/N-ethyl adjacent to an activating group) is 2. The van der Waals surface area contributed by atoms with Gasteiger partial charge in [-0.1, -0.05) is 36.4 Å². The van der Waals surface area contributed by atoms with Gasteiger partial charge >= 0.3 is 5.97 Å². The minimum Gasteiger partial charge on any atom is -0.465 e. The molecule has 1 aliphatic heterocycles. The number of nitrogens with one attached hydrogen (secondary N) is 2. The fourth-order valence-corrected chi connectivity index (χ4v) is 4.09. The van der Waals surface area contributed by atoms with Crippen molar-refractivity contribution in [1.82, 2.24) is 4.90 Å². The van der Waals surface area contributed by atoms with E-state index in [9.17, 15) is 14.4 Å². The topological polar surface area (TPSA) is 91.0 Å². The van der Waals surface area contributed by atoms with Gasteiger partial charge in [-0.2, -0.15) is 0 Å². The first-order chi connectivity index (χ1) is 17.7. The molecule has 8 heteroatoms. The van der Waals surface area contributed by atoms with Crippen LogP contribution in [-0.2, 0) is 14.3 Å². The predicted molar refractivity (Wildman–Crippen MR) is 146 cm³/mol. The third-order valence-electron chi connectivity index (χ3n) is 6.48. The van der Waals surface area contributed by atoms with Gasteiger partial charge in [-0.3, -0.25) is 14.5 Å². The Bertz CT molecular complexity index is 1360. The lowest BCUT2D eigenvalue weighted by atomic mass is 9.99. The standard InChI is InChI=1S/C29H30N4O4/c1-18(32(2)3)28(35)33(4)22-14-12-21(13-15-22)30-26(19-9-7-6-8-10-19)25-23-16-11-20(29(36)37-5)17-24(23)31-27(25)34/h6-18,30H,1-5H3,(H,31,34)/b26-25-. The molecule has 1 heterocycles. The van der Waals surface area contributed by atoms with Crippen LogP contribution in [0.2, 0.25) is 0 Å². The lowest BCUT2D eigenvalue weighted by Gasteiger charge is -2.25. The number of hydrogen-bond donors (Lipinski definition) is 2. The minimum atomic E-state index is -0.473. The maximum atomic E-state index is 13.2. The number of carbonyl (C=O) groups is 3. The Hall–Kier alpha value is -4.43. The van der Waals surface area contributed by atoms with E-state index in [0.717, 1.165) is 16.9 Å². The predicted octanol–water partition coefficient (Wildman–Crippen LogP) is 4.32. The van der Waals surface area contributed by atoms with Crippen LogP contribution in [0.3, 0.4) is 0 Å². The van der Waals surface area contributed by atoms with Crippen LogP contribution in [-0.4, -0.2) is 57.0 Å². The molecule has 0 saturated heterocycles. The van der Waals surface area contributed by atoms with Crippen molar-refractivity contribution in [1.29, 1.82) is 0 Å². The number of hydrogen-bond acceptors (Lipinski definition) is 6. The largest absolute Gasteiger partial charge is 0.465 e. The minimum absolute atomic E-state index is 0.0108. The molecule has 1 aliphatic rings. The van der Waals surface area contributed by atoms with E-state index in [4.69, 9.17) is 4.74 Å². The van der Waals surface area contributed by atoms with Crippen LogP contribution in [0.5, 0.6) is 0 Å². The number of anilines is 3. The molecular weight excluding hydrogens is 468 g/mol. The number of ether oxygens (including phenoxy) is 1. The lowest BCUT2D eigenvalue weighted by molar-refractivity contribution is -0.122. The van der Waals surface area contributed by atoms with Crippen LogP contribution in [0, 0.1) is 0 Å². The maximum Gasteiger partial charge on any atom is 0.337 e. The van der Waals surface area contributed by atoms with Gasteiger partial charge in [0.1, 0.15) is 0 Å². The zero-order valence-electron chi connectivity index (χ0n) is 21.5. The molecule has 2 amide bonds. The Morgan fingerprint density at radius 1 is 0.919 bits per heavy atom. The molecule has 0 aromatic heterocycles. The fraction of sp³-hybridized carbons (Fsp3) is 0.207. The second-order valence-corrected chi connectivity index (χ2v) is 9.03. The highest BCUT2D eigenvalue weighted by Crippen LogP contribution is 2.38. The quantitative estimate of drug-likeness (QED) is 0.373. The van der Waals surface area contributed by atoms with Crippen LogP contribution < -0.4 is 15.5 Å². The number of benzene rings is 3. The first kappa shape index (κ1) is 25.7. The SMILES string of the molecule is COC(=O)c1ccc2c(c1)NC(=O)/C2=C(\Nc1ccc(N(C)C(=O)C(C)N(C)C)cc1)c1ccccc1. The highest BCUT2D eigenvalue weighted by atomic mass is 16.5.